The van der Waals surface area contributed by atoms with Crippen LogP contribution in [-0.4, -0.2) is 34.8 Å². The van der Waals surface area contributed by atoms with Crippen molar-refractivity contribution in [1.82, 2.24) is 14.9 Å². The van der Waals surface area contributed by atoms with E-state index < -0.39 is 0 Å². The maximum Gasteiger partial charge on any atom is 0.110 e. The van der Waals surface area contributed by atoms with E-state index in [2.05, 4.69) is 48.8 Å². The lowest BCUT2D eigenvalue weighted by atomic mass is 9.90. The van der Waals surface area contributed by atoms with E-state index in [1.165, 1.54) is 0 Å². The van der Waals surface area contributed by atoms with Crippen LogP contribution in [0, 0.1) is 0 Å². The molecule has 0 bridgehead atoms. The molecule has 2 atom stereocenters. The predicted molar refractivity (Wildman–Crippen MR) is 84.0 cm³/mol. The van der Waals surface area contributed by atoms with Crippen molar-refractivity contribution < 1.29 is 4.74 Å². The molecular weight excluding hydrogens is 250 g/mol. The first-order valence-electron chi connectivity index (χ1n) is 7.89. The second-order valence-electron chi connectivity index (χ2n) is 5.62. The van der Waals surface area contributed by atoms with Gasteiger partial charge in [-0.2, -0.15) is 0 Å². The fraction of sp³-hybridized carbons (Fsp3) is 0.812. The Kier molecular flexibility index (Phi) is 7.24. The van der Waals surface area contributed by atoms with Gasteiger partial charge in [-0.25, -0.2) is 4.98 Å². The summed E-state index contributed by atoms with van der Waals surface area (Å²) in [5.41, 5.74) is -0.155. The Hall–Kier alpha value is -0.870. The van der Waals surface area contributed by atoms with Crippen molar-refractivity contribution in [2.45, 2.75) is 71.6 Å². The maximum absolute atomic E-state index is 5.80. The van der Waals surface area contributed by atoms with Gasteiger partial charge in [0.25, 0.3) is 0 Å². The zero-order valence-electron chi connectivity index (χ0n) is 13.8. The summed E-state index contributed by atoms with van der Waals surface area (Å²) in [5.74, 6) is 1.15. The fourth-order valence-electron chi connectivity index (χ4n) is 2.51. The summed E-state index contributed by atoms with van der Waals surface area (Å²) in [5, 5.41) is 3.64. The van der Waals surface area contributed by atoms with Gasteiger partial charge in [-0.05, 0) is 32.7 Å². The first-order chi connectivity index (χ1) is 9.61. The van der Waals surface area contributed by atoms with E-state index in [0.29, 0.717) is 0 Å². The van der Waals surface area contributed by atoms with Crippen molar-refractivity contribution in [1.29, 1.82) is 0 Å². The normalized spacial score (nSPS) is 16.1. The highest BCUT2D eigenvalue weighted by atomic mass is 16.5. The summed E-state index contributed by atoms with van der Waals surface area (Å²) >= 11 is 0. The minimum absolute atomic E-state index is 0.155. The Morgan fingerprint density at radius 2 is 2.10 bits per heavy atom. The summed E-state index contributed by atoms with van der Waals surface area (Å²) in [6, 6.07) is 0.287. The molecule has 4 nitrogen and oxygen atoms in total. The minimum atomic E-state index is -0.155. The molecule has 0 aliphatic carbocycles. The molecule has 20 heavy (non-hydrogen) atoms. The standard InChI is InChI=1S/C16H31N3O/c1-6-9-17-14(16(4,8-3)20-5)13-15-18-10-12-19(15)11-7-2/h10,12,14,17H,6-9,11,13H2,1-5H3. The van der Waals surface area contributed by atoms with Crippen LogP contribution in [-0.2, 0) is 17.7 Å². The van der Waals surface area contributed by atoms with Gasteiger partial charge in [0.15, 0.2) is 0 Å². The van der Waals surface area contributed by atoms with E-state index in [1.807, 2.05) is 13.3 Å². The van der Waals surface area contributed by atoms with Crippen LogP contribution in [0.1, 0.15) is 52.8 Å². The third kappa shape index (κ3) is 4.32. The van der Waals surface area contributed by atoms with Crippen molar-refractivity contribution in [3.63, 3.8) is 0 Å². The van der Waals surface area contributed by atoms with Crippen LogP contribution in [0.2, 0.25) is 0 Å². The molecule has 0 saturated carbocycles. The van der Waals surface area contributed by atoms with Gasteiger partial charge >= 0.3 is 0 Å². The van der Waals surface area contributed by atoms with Gasteiger partial charge in [0.05, 0.1) is 5.60 Å². The number of aryl methyl sites for hydroxylation is 1. The summed E-state index contributed by atoms with van der Waals surface area (Å²) < 4.78 is 8.05. The molecule has 0 aromatic carbocycles. The molecule has 0 spiro atoms. The average molecular weight is 281 g/mol. The van der Waals surface area contributed by atoms with Crippen molar-refractivity contribution in [3.05, 3.63) is 18.2 Å². The number of hydrogen-bond donors (Lipinski definition) is 1. The smallest absolute Gasteiger partial charge is 0.110 e. The lowest BCUT2D eigenvalue weighted by Crippen LogP contribution is -2.51. The van der Waals surface area contributed by atoms with Crippen LogP contribution in [0.3, 0.4) is 0 Å². The van der Waals surface area contributed by atoms with E-state index in [9.17, 15) is 0 Å². The Labute approximate surface area is 123 Å². The fourth-order valence-corrected chi connectivity index (χ4v) is 2.51. The molecule has 2 unspecified atom stereocenters. The maximum atomic E-state index is 5.80. The Morgan fingerprint density at radius 3 is 2.65 bits per heavy atom. The molecule has 1 heterocycles. The highest BCUT2D eigenvalue weighted by Gasteiger charge is 2.33. The third-order valence-corrected chi connectivity index (χ3v) is 4.20. The molecular formula is C16H31N3O. The molecule has 1 rings (SSSR count). The van der Waals surface area contributed by atoms with Crippen LogP contribution in [0.25, 0.3) is 0 Å². The monoisotopic (exact) mass is 281 g/mol. The number of imidazole rings is 1. The van der Waals surface area contributed by atoms with E-state index in [0.717, 1.165) is 44.6 Å². The molecule has 0 saturated heterocycles. The Bertz CT molecular complexity index is 372. The second kappa shape index (κ2) is 8.42. The van der Waals surface area contributed by atoms with E-state index >= 15 is 0 Å². The molecule has 0 aliphatic rings. The molecule has 0 amide bonds. The molecule has 1 aromatic heterocycles. The molecule has 1 N–H and O–H groups in total. The van der Waals surface area contributed by atoms with Crippen molar-refractivity contribution in [2.75, 3.05) is 13.7 Å². The number of methoxy groups -OCH3 is 1. The van der Waals surface area contributed by atoms with E-state index in [4.69, 9.17) is 4.74 Å². The SMILES string of the molecule is CCCNC(Cc1nccn1CCC)C(C)(CC)OC. The summed E-state index contributed by atoms with van der Waals surface area (Å²) in [6.07, 6.45) is 8.13. The number of nitrogens with one attached hydrogen (secondary N) is 1. The molecule has 1 aromatic rings. The van der Waals surface area contributed by atoms with Gasteiger partial charge in [0.1, 0.15) is 5.82 Å². The highest BCUT2D eigenvalue weighted by Crippen LogP contribution is 2.22. The van der Waals surface area contributed by atoms with Crippen LogP contribution in [0.15, 0.2) is 12.4 Å². The Morgan fingerprint density at radius 1 is 1.35 bits per heavy atom. The van der Waals surface area contributed by atoms with Gasteiger partial charge < -0.3 is 14.6 Å². The van der Waals surface area contributed by atoms with Gasteiger partial charge in [-0.3, -0.25) is 0 Å². The van der Waals surface area contributed by atoms with Crippen LogP contribution in [0.5, 0.6) is 0 Å². The number of hydrogen-bond acceptors (Lipinski definition) is 3. The predicted octanol–water partition coefficient (Wildman–Crippen LogP) is 3.02. The topological polar surface area (TPSA) is 39.1 Å². The highest BCUT2D eigenvalue weighted by molar-refractivity contribution is 5.01. The molecule has 0 fully saturated rings. The van der Waals surface area contributed by atoms with Crippen molar-refractivity contribution in [3.8, 4) is 0 Å². The lowest BCUT2D eigenvalue weighted by Gasteiger charge is -2.36. The number of ether oxygens (including phenoxy) is 1. The second-order valence-corrected chi connectivity index (χ2v) is 5.62. The molecule has 0 radical (unpaired) electrons. The Balaban J connectivity index is 2.85. The summed E-state index contributed by atoms with van der Waals surface area (Å²) in [6.45, 7) is 10.8. The van der Waals surface area contributed by atoms with Crippen molar-refractivity contribution in [2.24, 2.45) is 0 Å². The zero-order valence-corrected chi connectivity index (χ0v) is 13.8. The van der Waals surface area contributed by atoms with Gasteiger partial charge in [0.2, 0.25) is 0 Å². The third-order valence-electron chi connectivity index (χ3n) is 4.20. The lowest BCUT2D eigenvalue weighted by molar-refractivity contribution is -0.0293. The number of aromatic nitrogens is 2. The van der Waals surface area contributed by atoms with E-state index in [1.54, 1.807) is 0 Å². The van der Waals surface area contributed by atoms with Crippen LogP contribution < -0.4 is 5.32 Å². The van der Waals surface area contributed by atoms with Gasteiger partial charge in [-0.1, -0.05) is 20.8 Å². The zero-order chi connectivity index (χ0) is 15.0. The van der Waals surface area contributed by atoms with Gasteiger partial charge in [0, 0.05) is 38.5 Å². The molecule has 0 aliphatic heterocycles. The largest absolute Gasteiger partial charge is 0.377 e. The average Bonchev–Trinajstić information content (AvgIpc) is 2.90. The minimum Gasteiger partial charge on any atom is -0.377 e. The van der Waals surface area contributed by atoms with Crippen molar-refractivity contribution >= 4 is 0 Å². The molecule has 116 valence electrons. The molecule has 4 heteroatoms. The number of nitrogens with zero attached hydrogens (tertiary/aromatic N) is 2. The number of rotatable bonds is 10. The first kappa shape index (κ1) is 17.2. The quantitative estimate of drug-likeness (QED) is 0.716. The first-order valence-corrected chi connectivity index (χ1v) is 7.89. The summed E-state index contributed by atoms with van der Waals surface area (Å²) in [4.78, 5) is 4.53. The van der Waals surface area contributed by atoms with Crippen LogP contribution >= 0.6 is 0 Å². The van der Waals surface area contributed by atoms with E-state index in [-0.39, 0.29) is 11.6 Å². The summed E-state index contributed by atoms with van der Waals surface area (Å²) in [7, 11) is 1.81. The van der Waals surface area contributed by atoms with Gasteiger partial charge in [-0.15, -0.1) is 0 Å². The van der Waals surface area contributed by atoms with Crippen LogP contribution in [0.4, 0.5) is 0 Å².